The molecule has 2 heterocycles. The van der Waals surface area contributed by atoms with Crippen LogP contribution in [0.15, 0.2) is 42.6 Å². The number of hydrogen-bond donors (Lipinski definition) is 3. The van der Waals surface area contributed by atoms with Crippen LogP contribution in [-0.4, -0.2) is 27.8 Å². The lowest BCUT2D eigenvalue weighted by Crippen LogP contribution is -2.13. The number of carboxylic acid groups (broad SMARTS) is 1. The lowest BCUT2D eigenvalue weighted by Gasteiger charge is -1.88. The topological polar surface area (TPSA) is 99.3 Å². The number of Topliss-reactive ketones (excluding diaryl/α,β-unsaturated/α-hetero) is 1. The molecule has 0 bridgehead atoms. The maximum Gasteiger partial charge on any atom is 0.335 e. The summed E-state index contributed by atoms with van der Waals surface area (Å²) in [6.07, 6.45) is 1.61. The average Bonchev–Trinajstić information content (AvgIpc) is 2.96. The Bertz CT molecular complexity index is 631. The molecule has 96 valence electrons. The van der Waals surface area contributed by atoms with Gasteiger partial charge >= 0.3 is 5.97 Å². The molecule has 6 heteroatoms. The first-order valence-electron chi connectivity index (χ1n) is 5.41. The van der Waals surface area contributed by atoms with E-state index in [-0.39, 0.29) is 0 Å². The molecule has 1 aromatic heterocycles. The molecule has 0 saturated heterocycles. The van der Waals surface area contributed by atoms with Crippen LogP contribution in [0.4, 0.5) is 5.69 Å². The van der Waals surface area contributed by atoms with Crippen LogP contribution in [0.2, 0.25) is 0 Å². The number of carboxylic acids is 1. The van der Waals surface area contributed by atoms with Crippen molar-refractivity contribution >= 4 is 23.3 Å². The van der Waals surface area contributed by atoms with Crippen LogP contribution in [0.5, 0.6) is 0 Å². The van der Waals surface area contributed by atoms with E-state index in [1.54, 1.807) is 42.6 Å². The number of carbonyl (C=O) groups is 3. The van der Waals surface area contributed by atoms with Crippen molar-refractivity contribution in [3.63, 3.8) is 0 Å². The zero-order chi connectivity index (χ0) is 13.8. The number of H-pyrrole nitrogens is 1. The summed E-state index contributed by atoms with van der Waals surface area (Å²) in [6.45, 7) is 0. The van der Waals surface area contributed by atoms with Gasteiger partial charge in [-0.2, -0.15) is 0 Å². The summed E-state index contributed by atoms with van der Waals surface area (Å²) in [4.78, 5) is 34.3. The lowest BCUT2D eigenvalue weighted by molar-refractivity contribution is -0.112. The maximum absolute atomic E-state index is 10.8. The number of rotatable bonds is 1. The highest BCUT2D eigenvalue weighted by molar-refractivity contribution is 6.51. The Labute approximate surface area is 108 Å². The number of carbonyl (C=O) groups excluding carboxylic acids is 2. The highest BCUT2D eigenvalue weighted by Gasteiger charge is 2.28. The zero-order valence-electron chi connectivity index (χ0n) is 9.71. The first kappa shape index (κ1) is 12.6. The van der Waals surface area contributed by atoms with Crippen molar-refractivity contribution < 1.29 is 19.5 Å². The van der Waals surface area contributed by atoms with Gasteiger partial charge in [0.25, 0.3) is 11.7 Å². The van der Waals surface area contributed by atoms with Gasteiger partial charge in [0, 0.05) is 6.20 Å². The molecule has 0 radical (unpaired) electrons. The Morgan fingerprint density at radius 2 is 1.74 bits per heavy atom. The van der Waals surface area contributed by atoms with Crippen molar-refractivity contribution in [1.82, 2.24) is 4.98 Å². The Balaban J connectivity index is 0.000000141. The molecule has 19 heavy (non-hydrogen) atoms. The molecule has 3 rings (SSSR count). The van der Waals surface area contributed by atoms with Gasteiger partial charge in [-0.15, -0.1) is 0 Å². The van der Waals surface area contributed by atoms with E-state index < -0.39 is 17.7 Å². The van der Waals surface area contributed by atoms with E-state index in [1.807, 2.05) is 0 Å². The Hall–Kier alpha value is -2.89. The molecule has 1 amide bonds. The minimum Gasteiger partial charge on any atom is -0.478 e. The van der Waals surface area contributed by atoms with Crippen LogP contribution in [0.1, 0.15) is 20.8 Å². The average molecular weight is 258 g/mol. The molecule has 1 aliphatic rings. The van der Waals surface area contributed by atoms with E-state index in [0.29, 0.717) is 16.9 Å². The number of fused-ring (bicyclic) bond motifs is 1. The lowest BCUT2D eigenvalue weighted by atomic mass is 10.2. The standard InChI is InChI=1S/C7H6O2.C6H4N2O2/c8-7(9)6-4-2-1-3-5-6;9-5-4-3(1-2-7-4)8-6(5)10/h1-5H,(H,8,9);1-2,7H,(H,8,9,10). The van der Waals surface area contributed by atoms with Crippen LogP contribution < -0.4 is 5.32 Å². The van der Waals surface area contributed by atoms with Gasteiger partial charge < -0.3 is 15.4 Å². The molecule has 0 fully saturated rings. The summed E-state index contributed by atoms with van der Waals surface area (Å²) in [5.41, 5.74) is 1.28. The number of nitrogens with one attached hydrogen (secondary N) is 2. The molecule has 1 aliphatic heterocycles. The highest BCUT2D eigenvalue weighted by atomic mass is 16.4. The molecule has 3 N–H and O–H groups in total. The van der Waals surface area contributed by atoms with Crippen molar-refractivity contribution in [1.29, 1.82) is 0 Å². The third-order valence-corrected chi connectivity index (χ3v) is 2.45. The van der Waals surface area contributed by atoms with Crippen LogP contribution in [0.25, 0.3) is 0 Å². The molecule has 0 spiro atoms. The largest absolute Gasteiger partial charge is 0.478 e. The molecule has 0 saturated carbocycles. The first-order chi connectivity index (χ1) is 9.09. The number of aromatic carboxylic acids is 1. The fourth-order valence-electron chi connectivity index (χ4n) is 1.53. The summed E-state index contributed by atoms with van der Waals surface area (Å²) in [7, 11) is 0. The molecular formula is C13H10N2O4. The van der Waals surface area contributed by atoms with E-state index in [2.05, 4.69) is 10.3 Å². The number of hydrogen-bond acceptors (Lipinski definition) is 3. The van der Waals surface area contributed by atoms with Crippen molar-refractivity contribution in [2.75, 3.05) is 5.32 Å². The second-order valence-corrected chi connectivity index (χ2v) is 3.72. The maximum atomic E-state index is 10.8. The second kappa shape index (κ2) is 5.18. The first-order valence-corrected chi connectivity index (χ1v) is 5.41. The number of aromatic nitrogens is 1. The second-order valence-electron chi connectivity index (χ2n) is 3.72. The number of ketones is 1. The predicted molar refractivity (Wildman–Crippen MR) is 67.2 cm³/mol. The van der Waals surface area contributed by atoms with Gasteiger partial charge in [-0.1, -0.05) is 18.2 Å². The molecule has 0 unspecified atom stereocenters. The van der Waals surface area contributed by atoms with Crippen molar-refractivity contribution in [3.8, 4) is 0 Å². The molecule has 0 aliphatic carbocycles. The van der Waals surface area contributed by atoms with Crippen LogP contribution in [0.3, 0.4) is 0 Å². The number of amides is 1. The minimum atomic E-state index is -0.879. The third-order valence-electron chi connectivity index (χ3n) is 2.45. The zero-order valence-corrected chi connectivity index (χ0v) is 9.71. The highest BCUT2D eigenvalue weighted by Crippen LogP contribution is 2.19. The van der Waals surface area contributed by atoms with Gasteiger partial charge in [-0.05, 0) is 18.2 Å². The summed E-state index contributed by atoms with van der Waals surface area (Å²) in [5, 5.41) is 10.8. The third kappa shape index (κ3) is 2.68. The molecule has 2 aromatic rings. The number of anilines is 1. The van der Waals surface area contributed by atoms with E-state index in [0.717, 1.165) is 0 Å². The molecule has 6 nitrogen and oxygen atoms in total. The fraction of sp³-hybridized carbons (Fsp3) is 0. The Morgan fingerprint density at radius 3 is 2.26 bits per heavy atom. The summed E-state index contributed by atoms with van der Waals surface area (Å²) in [5.74, 6) is -1.92. The van der Waals surface area contributed by atoms with Gasteiger partial charge in [-0.3, -0.25) is 9.59 Å². The predicted octanol–water partition coefficient (Wildman–Crippen LogP) is 1.53. The minimum absolute atomic E-state index is 0.331. The smallest absolute Gasteiger partial charge is 0.335 e. The Kier molecular flexibility index (Phi) is 3.42. The monoisotopic (exact) mass is 258 g/mol. The van der Waals surface area contributed by atoms with E-state index in [4.69, 9.17) is 5.11 Å². The van der Waals surface area contributed by atoms with Gasteiger partial charge in [0.2, 0.25) is 0 Å². The SMILES string of the molecule is O=C(O)c1ccccc1.O=C1Nc2cc[nH]c2C1=O. The van der Waals surface area contributed by atoms with Crippen molar-refractivity contribution in [2.24, 2.45) is 0 Å². The van der Waals surface area contributed by atoms with Crippen LogP contribution >= 0.6 is 0 Å². The van der Waals surface area contributed by atoms with Crippen molar-refractivity contribution in [2.45, 2.75) is 0 Å². The van der Waals surface area contributed by atoms with E-state index >= 15 is 0 Å². The van der Waals surface area contributed by atoms with Crippen LogP contribution in [-0.2, 0) is 4.79 Å². The van der Waals surface area contributed by atoms with E-state index in [1.165, 1.54) is 0 Å². The number of benzene rings is 1. The quantitative estimate of drug-likeness (QED) is 0.675. The van der Waals surface area contributed by atoms with Gasteiger partial charge in [-0.25, -0.2) is 4.79 Å². The van der Waals surface area contributed by atoms with Gasteiger partial charge in [0.1, 0.15) is 5.69 Å². The van der Waals surface area contributed by atoms with Gasteiger partial charge in [0.05, 0.1) is 11.3 Å². The summed E-state index contributed by atoms with van der Waals surface area (Å²) >= 11 is 0. The fourth-order valence-corrected chi connectivity index (χ4v) is 1.53. The molecular weight excluding hydrogens is 248 g/mol. The summed E-state index contributed by atoms with van der Waals surface area (Å²) in [6, 6.07) is 9.95. The van der Waals surface area contributed by atoms with Crippen molar-refractivity contribution in [3.05, 3.63) is 53.9 Å². The normalized spacial score (nSPS) is 12.2. The summed E-state index contributed by atoms with van der Waals surface area (Å²) < 4.78 is 0. The molecule has 1 aromatic carbocycles. The molecule has 0 atom stereocenters. The number of aromatic amines is 1. The Morgan fingerprint density at radius 1 is 1.05 bits per heavy atom. The van der Waals surface area contributed by atoms with Gasteiger partial charge in [0.15, 0.2) is 0 Å². The van der Waals surface area contributed by atoms with E-state index in [9.17, 15) is 14.4 Å². The van der Waals surface area contributed by atoms with Crippen LogP contribution in [0, 0.1) is 0 Å².